The first-order chi connectivity index (χ1) is 12.3. The molecule has 1 heterocycles. The monoisotopic (exact) mass is 353 g/mol. The van der Waals surface area contributed by atoms with E-state index in [4.69, 9.17) is 0 Å². The highest BCUT2D eigenvalue weighted by Crippen LogP contribution is 2.28. The quantitative estimate of drug-likeness (QED) is 0.848. The van der Waals surface area contributed by atoms with E-state index in [-0.39, 0.29) is 0 Å². The third kappa shape index (κ3) is 3.49. The number of hydrazone groups is 1. The Morgan fingerprint density at radius 1 is 1.15 bits per heavy atom. The van der Waals surface area contributed by atoms with Crippen molar-refractivity contribution >= 4 is 28.9 Å². The average Bonchev–Trinajstić information content (AvgIpc) is 2.89. The minimum absolute atomic E-state index is 0.409. The number of rotatable bonds is 4. The van der Waals surface area contributed by atoms with Crippen molar-refractivity contribution in [1.82, 2.24) is 0 Å². The summed E-state index contributed by atoms with van der Waals surface area (Å²) >= 11 is 0. The second kappa shape index (κ2) is 6.71. The molecular weight excluding hydrogens is 333 g/mol. The van der Waals surface area contributed by atoms with Crippen LogP contribution in [-0.2, 0) is 15.3 Å². The number of para-hydroxylation sites is 1. The van der Waals surface area contributed by atoms with Crippen molar-refractivity contribution in [3.05, 3.63) is 60.2 Å². The van der Waals surface area contributed by atoms with Crippen molar-refractivity contribution in [1.29, 1.82) is 0 Å². The molecule has 0 fully saturated rings. The Labute approximate surface area is 151 Å². The van der Waals surface area contributed by atoms with E-state index in [2.05, 4.69) is 10.4 Å². The molecule has 26 heavy (non-hydrogen) atoms. The zero-order valence-corrected chi connectivity index (χ0v) is 14.9. The number of anilines is 2. The topological polar surface area (TPSA) is 61.8 Å². The van der Waals surface area contributed by atoms with Gasteiger partial charge in [-0.15, -0.1) is 0 Å². The molecule has 2 amide bonds. The van der Waals surface area contributed by atoms with E-state index in [9.17, 15) is 14.0 Å². The van der Waals surface area contributed by atoms with Crippen molar-refractivity contribution in [3.8, 4) is 0 Å². The lowest BCUT2D eigenvalue weighted by Gasteiger charge is -2.17. The van der Waals surface area contributed by atoms with E-state index < -0.39 is 23.4 Å². The van der Waals surface area contributed by atoms with E-state index in [1.165, 1.54) is 18.9 Å². The van der Waals surface area contributed by atoms with E-state index in [0.29, 0.717) is 22.6 Å². The van der Waals surface area contributed by atoms with Crippen LogP contribution < -0.4 is 10.3 Å². The zero-order chi connectivity index (χ0) is 18.9. The van der Waals surface area contributed by atoms with Crippen molar-refractivity contribution in [2.24, 2.45) is 11.0 Å². The normalized spacial score (nSPS) is 17.2. The largest absolute Gasteiger partial charge is 0.325 e. The van der Waals surface area contributed by atoms with Gasteiger partial charge in [0.15, 0.2) is 5.92 Å². The van der Waals surface area contributed by atoms with Gasteiger partial charge in [0.25, 0.3) is 5.91 Å². The molecule has 1 atom stereocenters. The number of hydrogen-bond donors (Lipinski definition) is 1. The summed E-state index contributed by atoms with van der Waals surface area (Å²) in [5.74, 6) is -1.89. The summed E-state index contributed by atoms with van der Waals surface area (Å²) < 4.78 is 14.1. The van der Waals surface area contributed by atoms with E-state index >= 15 is 0 Å². The first-order valence-electron chi connectivity index (χ1n) is 8.32. The highest BCUT2D eigenvalue weighted by Gasteiger charge is 2.39. The van der Waals surface area contributed by atoms with Gasteiger partial charge in [0.05, 0.1) is 11.4 Å². The molecule has 1 unspecified atom stereocenters. The summed E-state index contributed by atoms with van der Waals surface area (Å²) in [6.07, 6.45) is 0. The van der Waals surface area contributed by atoms with Crippen LogP contribution in [0.3, 0.4) is 0 Å². The minimum atomic E-state index is -1.52. The molecule has 3 rings (SSSR count). The first kappa shape index (κ1) is 17.8. The number of nitrogens with zero attached hydrogens (tertiary/aromatic N) is 2. The molecule has 0 saturated heterocycles. The molecular formula is C20H20FN3O2. The van der Waals surface area contributed by atoms with Crippen molar-refractivity contribution < 1.29 is 14.0 Å². The van der Waals surface area contributed by atoms with Crippen molar-refractivity contribution in [2.45, 2.75) is 26.4 Å². The molecule has 0 radical (unpaired) electrons. The maximum Gasteiger partial charge on any atom is 0.265 e. The molecule has 1 aliphatic heterocycles. The predicted molar refractivity (Wildman–Crippen MR) is 99.7 cm³/mol. The fourth-order valence-electron chi connectivity index (χ4n) is 2.80. The maximum atomic E-state index is 14.1. The number of nitrogens with one attached hydrogen (secondary N) is 1. The maximum absolute atomic E-state index is 14.1. The smallest absolute Gasteiger partial charge is 0.265 e. The summed E-state index contributed by atoms with van der Waals surface area (Å²) in [5.41, 5.74) is 0.388. The molecule has 2 aromatic carbocycles. The van der Waals surface area contributed by atoms with Gasteiger partial charge in [-0.3, -0.25) is 9.59 Å². The van der Waals surface area contributed by atoms with Crippen LogP contribution in [0.2, 0.25) is 0 Å². The standard InChI is InChI=1S/C20H20FN3O2/c1-13-17(19(26)24(23-13)16-10-5-4-6-11-16)18(25)22-15-9-7-8-14(12-15)20(2,3)21/h4-12,17H,1-3H3,(H,22,25). The van der Waals surface area contributed by atoms with Crippen molar-refractivity contribution in [2.75, 3.05) is 10.3 Å². The summed E-state index contributed by atoms with van der Waals surface area (Å²) in [6, 6.07) is 15.5. The number of amides is 2. The fraction of sp³-hybridized carbons (Fsp3) is 0.250. The first-order valence-corrected chi connectivity index (χ1v) is 8.32. The third-order valence-corrected chi connectivity index (χ3v) is 4.21. The second-order valence-corrected chi connectivity index (χ2v) is 6.70. The van der Waals surface area contributed by atoms with Crippen LogP contribution >= 0.6 is 0 Å². The van der Waals surface area contributed by atoms with Crippen molar-refractivity contribution in [3.63, 3.8) is 0 Å². The summed E-state index contributed by atoms with van der Waals surface area (Å²) in [6.45, 7) is 4.54. The Bertz CT molecular complexity index is 872. The van der Waals surface area contributed by atoms with Crippen LogP contribution in [0.25, 0.3) is 0 Å². The van der Waals surface area contributed by atoms with Gasteiger partial charge in [-0.25, -0.2) is 4.39 Å². The lowest BCUT2D eigenvalue weighted by atomic mass is 9.99. The molecule has 134 valence electrons. The molecule has 0 saturated carbocycles. The second-order valence-electron chi connectivity index (χ2n) is 6.70. The molecule has 0 aromatic heterocycles. The summed E-state index contributed by atoms with van der Waals surface area (Å²) in [5, 5.41) is 8.15. The van der Waals surface area contributed by atoms with E-state index in [1.807, 2.05) is 6.07 Å². The van der Waals surface area contributed by atoms with Crippen LogP contribution in [0.5, 0.6) is 0 Å². The minimum Gasteiger partial charge on any atom is -0.325 e. The highest BCUT2D eigenvalue weighted by molar-refractivity contribution is 6.28. The van der Waals surface area contributed by atoms with Gasteiger partial charge in [0.2, 0.25) is 5.91 Å². The number of alkyl halides is 1. The summed E-state index contributed by atoms with van der Waals surface area (Å²) in [4.78, 5) is 25.3. The highest BCUT2D eigenvalue weighted by atomic mass is 19.1. The number of halogens is 1. The number of carbonyl (C=O) groups excluding carboxylic acids is 2. The van der Waals surface area contributed by atoms with Gasteiger partial charge in [0.1, 0.15) is 5.67 Å². The average molecular weight is 353 g/mol. The SMILES string of the molecule is CC1=NN(c2ccccc2)C(=O)C1C(=O)Nc1cccc(C(C)(C)F)c1. The van der Waals surface area contributed by atoms with Crippen LogP contribution in [-0.4, -0.2) is 17.5 Å². The fourth-order valence-corrected chi connectivity index (χ4v) is 2.80. The van der Waals surface area contributed by atoms with Gasteiger partial charge < -0.3 is 5.32 Å². The molecule has 1 N–H and O–H groups in total. The Hall–Kier alpha value is -3.02. The molecule has 5 nitrogen and oxygen atoms in total. The summed E-state index contributed by atoms with van der Waals surface area (Å²) in [7, 11) is 0. The molecule has 0 aliphatic carbocycles. The Morgan fingerprint density at radius 2 is 1.85 bits per heavy atom. The van der Waals surface area contributed by atoms with Crippen LogP contribution in [0.4, 0.5) is 15.8 Å². The third-order valence-electron chi connectivity index (χ3n) is 4.21. The molecule has 1 aliphatic rings. The van der Waals surface area contributed by atoms with Gasteiger partial charge in [-0.1, -0.05) is 30.3 Å². The molecule has 0 spiro atoms. The zero-order valence-electron chi connectivity index (χ0n) is 14.9. The molecule has 0 bridgehead atoms. The van der Waals surface area contributed by atoms with Gasteiger partial charge in [0, 0.05) is 5.69 Å². The van der Waals surface area contributed by atoms with Crippen LogP contribution in [0.15, 0.2) is 59.7 Å². The van der Waals surface area contributed by atoms with E-state index in [0.717, 1.165) is 0 Å². The van der Waals surface area contributed by atoms with Gasteiger partial charge >= 0.3 is 0 Å². The Balaban J connectivity index is 1.79. The number of hydrogen-bond acceptors (Lipinski definition) is 3. The lowest BCUT2D eigenvalue weighted by Crippen LogP contribution is -2.36. The Kier molecular flexibility index (Phi) is 4.59. The lowest BCUT2D eigenvalue weighted by molar-refractivity contribution is -0.127. The van der Waals surface area contributed by atoms with Crippen LogP contribution in [0.1, 0.15) is 26.3 Å². The number of benzene rings is 2. The van der Waals surface area contributed by atoms with Crippen LogP contribution in [0, 0.1) is 5.92 Å². The number of carbonyl (C=O) groups is 2. The van der Waals surface area contributed by atoms with E-state index in [1.54, 1.807) is 55.5 Å². The predicted octanol–water partition coefficient (Wildman–Crippen LogP) is 3.87. The molecule has 6 heteroatoms. The van der Waals surface area contributed by atoms with Gasteiger partial charge in [-0.05, 0) is 50.6 Å². The molecule has 2 aromatic rings. The Morgan fingerprint density at radius 3 is 2.50 bits per heavy atom. The van der Waals surface area contributed by atoms with Gasteiger partial charge in [-0.2, -0.15) is 10.1 Å².